The molecule has 0 saturated carbocycles. The van der Waals surface area contributed by atoms with E-state index in [0.29, 0.717) is 30.1 Å². The smallest absolute Gasteiger partial charge is 0.410 e. The van der Waals surface area contributed by atoms with Gasteiger partial charge in [-0.3, -0.25) is 9.69 Å². The summed E-state index contributed by atoms with van der Waals surface area (Å²) in [5, 5.41) is 2.83. The summed E-state index contributed by atoms with van der Waals surface area (Å²) in [6.45, 7) is 5.97. The van der Waals surface area contributed by atoms with Crippen LogP contribution in [0.25, 0.3) is 0 Å². The van der Waals surface area contributed by atoms with Gasteiger partial charge in [-0.2, -0.15) is 0 Å². The molecule has 1 aliphatic rings. The van der Waals surface area contributed by atoms with Crippen molar-refractivity contribution < 1.29 is 14.3 Å². The highest BCUT2D eigenvalue weighted by Gasteiger charge is 2.22. The van der Waals surface area contributed by atoms with Crippen LogP contribution in [-0.2, 0) is 6.42 Å². The Kier molecular flexibility index (Phi) is 7.14. The molecular formula is C24H26N4O3S. The van der Waals surface area contributed by atoms with E-state index in [0.717, 1.165) is 31.7 Å². The molecule has 0 spiro atoms. The maximum atomic E-state index is 12.5. The minimum absolute atomic E-state index is 0.182. The zero-order valence-corrected chi connectivity index (χ0v) is 18.8. The number of rotatable bonds is 6. The van der Waals surface area contributed by atoms with E-state index in [4.69, 9.17) is 4.74 Å². The Labute approximate surface area is 191 Å². The Hall–Kier alpha value is -3.23. The fourth-order valence-electron chi connectivity index (χ4n) is 3.54. The van der Waals surface area contributed by atoms with E-state index in [1.54, 1.807) is 52.6 Å². The first kappa shape index (κ1) is 22.0. The van der Waals surface area contributed by atoms with Crippen LogP contribution < -0.4 is 10.1 Å². The Morgan fingerprint density at radius 3 is 2.41 bits per heavy atom. The van der Waals surface area contributed by atoms with Crippen molar-refractivity contribution in [1.29, 1.82) is 0 Å². The molecule has 0 unspecified atom stereocenters. The topological polar surface area (TPSA) is 74.8 Å². The molecule has 1 aliphatic heterocycles. The number of anilines is 1. The number of aromatic nitrogens is 1. The van der Waals surface area contributed by atoms with Gasteiger partial charge in [-0.15, -0.1) is 11.3 Å². The molecule has 1 saturated heterocycles. The maximum Gasteiger partial charge on any atom is 0.415 e. The van der Waals surface area contributed by atoms with Gasteiger partial charge in [0, 0.05) is 48.9 Å². The van der Waals surface area contributed by atoms with E-state index in [2.05, 4.69) is 15.2 Å². The molecule has 32 heavy (non-hydrogen) atoms. The summed E-state index contributed by atoms with van der Waals surface area (Å²) in [5.74, 6) is 0.273. The number of piperazine rings is 1. The fourth-order valence-corrected chi connectivity index (χ4v) is 4.31. The number of hydrogen-bond donors (Lipinski definition) is 1. The normalized spacial score (nSPS) is 14.2. The number of amides is 2. The van der Waals surface area contributed by atoms with E-state index in [9.17, 15) is 9.59 Å². The predicted octanol–water partition coefficient (Wildman–Crippen LogP) is 4.06. The number of thiazole rings is 1. The van der Waals surface area contributed by atoms with Gasteiger partial charge in [0.05, 0.1) is 11.2 Å². The van der Waals surface area contributed by atoms with Crippen molar-refractivity contribution in [3.8, 4) is 5.75 Å². The zero-order chi connectivity index (χ0) is 22.3. The Morgan fingerprint density at radius 2 is 1.75 bits per heavy atom. The molecule has 0 radical (unpaired) electrons. The summed E-state index contributed by atoms with van der Waals surface area (Å²) in [7, 11) is 0. The van der Waals surface area contributed by atoms with Gasteiger partial charge in [-0.1, -0.05) is 18.2 Å². The van der Waals surface area contributed by atoms with Crippen molar-refractivity contribution >= 4 is 29.0 Å². The highest BCUT2D eigenvalue weighted by molar-refractivity contribution is 7.09. The third-order valence-corrected chi connectivity index (χ3v) is 6.48. The number of carbonyl (C=O) groups is 2. The average molecular weight is 451 g/mol. The average Bonchev–Trinajstić information content (AvgIpc) is 3.24. The molecular weight excluding hydrogens is 424 g/mol. The third kappa shape index (κ3) is 5.72. The molecule has 3 aromatic rings. The van der Waals surface area contributed by atoms with Crippen molar-refractivity contribution in [3.05, 3.63) is 76.2 Å². The number of nitrogens with zero attached hydrogens (tertiary/aromatic N) is 3. The summed E-state index contributed by atoms with van der Waals surface area (Å²) >= 11 is 1.70. The van der Waals surface area contributed by atoms with Gasteiger partial charge in [-0.25, -0.2) is 9.78 Å². The lowest BCUT2D eigenvalue weighted by molar-refractivity contribution is 0.102. The summed E-state index contributed by atoms with van der Waals surface area (Å²) in [6.07, 6.45) is 0.651. The minimum atomic E-state index is -0.343. The monoisotopic (exact) mass is 450 g/mol. The van der Waals surface area contributed by atoms with Crippen LogP contribution in [-0.4, -0.2) is 59.5 Å². The van der Waals surface area contributed by atoms with Gasteiger partial charge in [0.15, 0.2) is 0 Å². The van der Waals surface area contributed by atoms with Crippen molar-refractivity contribution in [1.82, 2.24) is 14.8 Å². The quantitative estimate of drug-likeness (QED) is 0.613. The van der Waals surface area contributed by atoms with Gasteiger partial charge >= 0.3 is 6.09 Å². The first-order valence-electron chi connectivity index (χ1n) is 10.6. The number of carbonyl (C=O) groups excluding carboxylic acids is 2. The number of benzene rings is 2. The van der Waals surface area contributed by atoms with Crippen molar-refractivity contribution in [3.63, 3.8) is 0 Å². The summed E-state index contributed by atoms with van der Waals surface area (Å²) < 4.78 is 5.52. The molecule has 0 bridgehead atoms. The number of ether oxygens (including phenoxy) is 1. The van der Waals surface area contributed by atoms with Crippen LogP contribution in [0.1, 0.15) is 20.9 Å². The van der Waals surface area contributed by atoms with Crippen molar-refractivity contribution in [2.24, 2.45) is 0 Å². The number of hydrogen-bond acceptors (Lipinski definition) is 6. The van der Waals surface area contributed by atoms with Crippen LogP contribution in [0, 0.1) is 6.92 Å². The number of aryl methyl sites for hydroxylation is 1. The van der Waals surface area contributed by atoms with E-state index in [-0.39, 0.29) is 12.0 Å². The van der Waals surface area contributed by atoms with Crippen LogP contribution in [0.15, 0.2) is 60.1 Å². The van der Waals surface area contributed by atoms with Gasteiger partial charge in [0.25, 0.3) is 5.91 Å². The standard InChI is InChI=1S/C24H26N4O3S/c1-18-22(32-17-25-18)11-12-27-13-15-28(16-14-27)24(30)31-21-9-7-20(8-10-21)26-23(29)19-5-3-2-4-6-19/h2-10,17H,11-16H2,1H3,(H,26,29). The second kappa shape index (κ2) is 10.4. The molecule has 4 rings (SSSR count). The molecule has 0 atom stereocenters. The largest absolute Gasteiger partial charge is 0.415 e. The molecule has 2 amide bonds. The van der Waals surface area contributed by atoms with Crippen LogP contribution in [0.3, 0.4) is 0 Å². The molecule has 1 N–H and O–H groups in total. The Morgan fingerprint density at radius 1 is 1.03 bits per heavy atom. The molecule has 1 aromatic heterocycles. The summed E-state index contributed by atoms with van der Waals surface area (Å²) in [5.41, 5.74) is 4.23. The van der Waals surface area contributed by atoms with Gasteiger partial charge in [0.1, 0.15) is 5.75 Å². The third-order valence-electron chi connectivity index (χ3n) is 5.48. The van der Waals surface area contributed by atoms with E-state index in [1.165, 1.54) is 4.88 Å². The second-order valence-electron chi connectivity index (χ2n) is 7.65. The predicted molar refractivity (Wildman–Crippen MR) is 125 cm³/mol. The number of nitrogens with one attached hydrogen (secondary N) is 1. The molecule has 8 heteroatoms. The highest BCUT2D eigenvalue weighted by atomic mass is 32.1. The van der Waals surface area contributed by atoms with Gasteiger partial charge in [-0.05, 0) is 49.7 Å². The van der Waals surface area contributed by atoms with Crippen LogP contribution in [0.2, 0.25) is 0 Å². The first-order chi connectivity index (χ1) is 15.6. The van der Waals surface area contributed by atoms with E-state index in [1.807, 2.05) is 30.6 Å². The fraction of sp³-hybridized carbons (Fsp3) is 0.292. The van der Waals surface area contributed by atoms with Crippen LogP contribution in [0.5, 0.6) is 5.75 Å². The molecule has 2 aromatic carbocycles. The van der Waals surface area contributed by atoms with Crippen molar-refractivity contribution in [2.75, 3.05) is 38.0 Å². The van der Waals surface area contributed by atoms with Crippen LogP contribution in [0.4, 0.5) is 10.5 Å². The first-order valence-corrected chi connectivity index (χ1v) is 11.5. The molecule has 2 heterocycles. The van der Waals surface area contributed by atoms with E-state index >= 15 is 0 Å². The lowest BCUT2D eigenvalue weighted by Crippen LogP contribution is -2.49. The maximum absolute atomic E-state index is 12.5. The minimum Gasteiger partial charge on any atom is -0.410 e. The summed E-state index contributed by atoms with van der Waals surface area (Å²) in [6, 6.07) is 15.8. The molecule has 7 nitrogen and oxygen atoms in total. The van der Waals surface area contributed by atoms with Crippen LogP contribution >= 0.6 is 11.3 Å². The Balaban J connectivity index is 1.22. The molecule has 0 aliphatic carbocycles. The second-order valence-corrected chi connectivity index (χ2v) is 8.59. The van der Waals surface area contributed by atoms with Gasteiger partial charge in [0.2, 0.25) is 0 Å². The highest BCUT2D eigenvalue weighted by Crippen LogP contribution is 2.18. The summed E-state index contributed by atoms with van der Waals surface area (Å²) in [4.78, 5) is 34.5. The van der Waals surface area contributed by atoms with E-state index < -0.39 is 0 Å². The molecule has 166 valence electrons. The lowest BCUT2D eigenvalue weighted by atomic mass is 10.2. The molecule has 1 fully saturated rings. The zero-order valence-electron chi connectivity index (χ0n) is 18.0. The lowest BCUT2D eigenvalue weighted by Gasteiger charge is -2.33. The van der Waals surface area contributed by atoms with Crippen molar-refractivity contribution in [2.45, 2.75) is 13.3 Å². The Bertz CT molecular complexity index is 1040. The SMILES string of the molecule is Cc1ncsc1CCN1CCN(C(=O)Oc2ccc(NC(=O)c3ccccc3)cc2)CC1. The van der Waals surface area contributed by atoms with Gasteiger partial charge < -0.3 is 15.0 Å².